The molecule has 1 rings (SSSR count). The molecule has 0 radical (unpaired) electrons. The Labute approximate surface area is 94.5 Å². The quantitative estimate of drug-likeness (QED) is 0.659. The van der Waals surface area contributed by atoms with Crippen molar-refractivity contribution in [2.75, 3.05) is 0 Å². The summed E-state index contributed by atoms with van der Waals surface area (Å²) in [6.07, 6.45) is -0.461. The minimum absolute atomic E-state index is 0.0505. The molecule has 0 fully saturated rings. The van der Waals surface area contributed by atoms with Gasteiger partial charge in [0.05, 0.1) is 6.10 Å². The van der Waals surface area contributed by atoms with Gasteiger partial charge in [-0.25, -0.2) is 0 Å². The summed E-state index contributed by atoms with van der Waals surface area (Å²) in [6.45, 7) is 0. The SMILES string of the molecule is O=CCC(O)c1ccc(SC(F)(F)F)cc1. The van der Waals surface area contributed by atoms with Crippen molar-refractivity contribution in [3.05, 3.63) is 29.8 Å². The molecule has 0 heterocycles. The maximum Gasteiger partial charge on any atom is 0.446 e. The Morgan fingerprint density at radius 3 is 2.31 bits per heavy atom. The Morgan fingerprint density at radius 2 is 1.88 bits per heavy atom. The third kappa shape index (κ3) is 4.24. The third-order valence-corrected chi connectivity index (χ3v) is 2.56. The van der Waals surface area contributed by atoms with Gasteiger partial charge in [-0.3, -0.25) is 0 Å². The second-order valence-corrected chi connectivity index (χ2v) is 4.17. The summed E-state index contributed by atoms with van der Waals surface area (Å²) < 4.78 is 36.0. The molecule has 0 saturated carbocycles. The van der Waals surface area contributed by atoms with Crippen LogP contribution in [0, 0.1) is 0 Å². The molecule has 1 atom stereocenters. The molecule has 0 bridgehead atoms. The number of carbonyl (C=O) groups is 1. The van der Waals surface area contributed by atoms with Crippen LogP contribution in [0.15, 0.2) is 29.2 Å². The molecule has 1 aromatic carbocycles. The first-order valence-electron chi connectivity index (χ1n) is 4.40. The van der Waals surface area contributed by atoms with Crippen molar-refractivity contribution in [2.24, 2.45) is 0 Å². The zero-order valence-corrected chi connectivity index (χ0v) is 8.89. The minimum Gasteiger partial charge on any atom is -0.388 e. The number of aldehydes is 1. The number of aliphatic hydroxyl groups is 1. The fraction of sp³-hybridized carbons (Fsp3) is 0.300. The lowest BCUT2D eigenvalue weighted by Gasteiger charge is -2.09. The standard InChI is InChI=1S/C10H9F3O2S/c11-10(12,13)16-8-3-1-7(2-4-8)9(15)5-6-14/h1-4,6,9,15H,5H2. The molecular formula is C10H9F3O2S. The zero-order chi connectivity index (χ0) is 12.2. The van der Waals surface area contributed by atoms with E-state index in [0.29, 0.717) is 11.8 Å². The number of thioether (sulfide) groups is 1. The van der Waals surface area contributed by atoms with Crippen molar-refractivity contribution in [1.29, 1.82) is 0 Å². The minimum atomic E-state index is -4.32. The first-order chi connectivity index (χ1) is 7.42. The van der Waals surface area contributed by atoms with Gasteiger partial charge in [-0.1, -0.05) is 12.1 Å². The van der Waals surface area contributed by atoms with E-state index in [1.807, 2.05) is 0 Å². The Bertz CT molecular complexity index is 348. The van der Waals surface area contributed by atoms with E-state index in [1.165, 1.54) is 24.3 Å². The number of carbonyl (C=O) groups excluding carboxylic acids is 1. The molecule has 0 amide bonds. The first-order valence-corrected chi connectivity index (χ1v) is 5.21. The number of alkyl halides is 3. The van der Waals surface area contributed by atoms with Crippen LogP contribution in [0.1, 0.15) is 18.1 Å². The van der Waals surface area contributed by atoms with Gasteiger partial charge in [-0.15, -0.1) is 0 Å². The number of hydrogen-bond acceptors (Lipinski definition) is 3. The zero-order valence-electron chi connectivity index (χ0n) is 8.07. The van der Waals surface area contributed by atoms with E-state index in [2.05, 4.69) is 0 Å². The first kappa shape index (κ1) is 13.1. The molecule has 0 aromatic heterocycles. The number of aliphatic hydroxyl groups excluding tert-OH is 1. The van der Waals surface area contributed by atoms with Gasteiger partial charge in [0.15, 0.2) is 0 Å². The predicted octanol–water partition coefficient (Wildman–Crippen LogP) is 2.92. The Hall–Kier alpha value is -1.01. The Balaban J connectivity index is 2.71. The largest absolute Gasteiger partial charge is 0.446 e. The Morgan fingerprint density at radius 1 is 1.31 bits per heavy atom. The third-order valence-electron chi connectivity index (χ3n) is 1.82. The summed E-state index contributed by atoms with van der Waals surface area (Å²) in [5, 5.41) is 9.38. The van der Waals surface area contributed by atoms with Gasteiger partial charge in [-0.05, 0) is 29.5 Å². The van der Waals surface area contributed by atoms with Gasteiger partial charge < -0.3 is 9.90 Å². The van der Waals surface area contributed by atoms with E-state index in [0.717, 1.165) is 0 Å². The van der Waals surface area contributed by atoms with Crippen LogP contribution >= 0.6 is 11.8 Å². The summed E-state index contributed by atoms with van der Waals surface area (Å²) in [7, 11) is 0. The summed E-state index contributed by atoms with van der Waals surface area (Å²) in [4.78, 5) is 10.2. The van der Waals surface area contributed by atoms with E-state index < -0.39 is 11.6 Å². The highest BCUT2D eigenvalue weighted by Gasteiger charge is 2.29. The van der Waals surface area contributed by atoms with Crippen molar-refractivity contribution in [3.8, 4) is 0 Å². The van der Waals surface area contributed by atoms with E-state index >= 15 is 0 Å². The summed E-state index contributed by atoms with van der Waals surface area (Å²) in [5.74, 6) is 0. The normalized spacial score (nSPS) is 13.5. The molecule has 1 unspecified atom stereocenters. The van der Waals surface area contributed by atoms with Crippen LogP contribution in [0.5, 0.6) is 0 Å². The number of hydrogen-bond donors (Lipinski definition) is 1. The smallest absolute Gasteiger partial charge is 0.388 e. The van der Waals surface area contributed by atoms with Gasteiger partial charge >= 0.3 is 5.51 Å². The van der Waals surface area contributed by atoms with Crippen LogP contribution < -0.4 is 0 Å². The van der Waals surface area contributed by atoms with Gasteiger partial charge in [0.2, 0.25) is 0 Å². The summed E-state index contributed by atoms with van der Waals surface area (Å²) >= 11 is -0.217. The summed E-state index contributed by atoms with van der Waals surface area (Å²) in [5.41, 5.74) is -3.89. The van der Waals surface area contributed by atoms with E-state index in [9.17, 15) is 23.1 Å². The van der Waals surface area contributed by atoms with Gasteiger partial charge in [0.1, 0.15) is 6.29 Å². The van der Waals surface area contributed by atoms with Gasteiger partial charge in [0.25, 0.3) is 0 Å². The highest BCUT2D eigenvalue weighted by atomic mass is 32.2. The molecule has 1 N–H and O–H groups in total. The molecule has 16 heavy (non-hydrogen) atoms. The number of benzene rings is 1. The molecule has 88 valence electrons. The lowest BCUT2D eigenvalue weighted by molar-refractivity contribution is -0.109. The maximum absolute atomic E-state index is 12.0. The Kier molecular flexibility index (Phi) is 4.37. The lowest BCUT2D eigenvalue weighted by Crippen LogP contribution is -2.00. The van der Waals surface area contributed by atoms with Crippen LogP contribution in [0.4, 0.5) is 13.2 Å². The van der Waals surface area contributed by atoms with Crippen LogP contribution in [0.3, 0.4) is 0 Å². The molecule has 0 saturated heterocycles. The van der Waals surface area contributed by atoms with Gasteiger partial charge in [-0.2, -0.15) is 13.2 Å². The molecule has 1 aromatic rings. The molecule has 2 nitrogen and oxygen atoms in total. The van der Waals surface area contributed by atoms with E-state index in [4.69, 9.17) is 0 Å². The predicted molar refractivity (Wildman–Crippen MR) is 54.0 cm³/mol. The molecular weight excluding hydrogens is 241 g/mol. The number of rotatable bonds is 4. The topological polar surface area (TPSA) is 37.3 Å². The molecule has 0 aliphatic rings. The summed E-state index contributed by atoms with van der Waals surface area (Å²) in [6, 6.07) is 5.29. The van der Waals surface area contributed by atoms with Crippen LogP contribution in [-0.4, -0.2) is 16.9 Å². The second kappa shape index (κ2) is 5.36. The highest BCUT2D eigenvalue weighted by molar-refractivity contribution is 8.00. The average molecular weight is 250 g/mol. The van der Waals surface area contributed by atoms with Crippen LogP contribution in [0.2, 0.25) is 0 Å². The second-order valence-electron chi connectivity index (χ2n) is 3.04. The molecule has 0 aliphatic heterocycles. The van der Waals surface area contributed by atoms with Crippen molar-refractivity contribution >= 4 is 18.0 Å². The van der Waals surface area contributed by atoms with Crippen LogP contribution in [-0.2, 0) is 4.79 Å². The van der Waals surface area contributed by atoms with Crippen molar-refractivity contribution in [2.45, 2.75) is 22.9 Å². The van der Waals surface area contributed by atoms with Crippen molar-refractivity contribution in [3.63, 3.8) is 0 Å². The lowest BCUT2D eigenvalue weighted by atomic mass is 10.1. The maximum atomic E-state index is 12.0. The average Bonchev–Trinajstić information content (AvgIpc) is 2.16. The van der Waals surface area contributed by atoms with Gasteiger partial charge in [0, 0.05) is 11.3 Å². The molecule has 0 aliphatic carbocycles. The fourth-order valence-corrected chi connectivity index (χ4v) is 1.66. The van der Waals surface area contributed by atoms with Crippen molar-refractivity contribution in [1.82, 2.24) is 0 Å². The van der Waals surface area contributed by atoms with E-state index in [1.54, 1.807) is 0 Å². The van der Waals surface area contributed by atoms with Crippen LogP contribution in [0.25, 0.3) is 0 Å². The fourth-order valence-electron chi connectivity index (χ4n) is 1.12. The highest BCUT2D eigenvalue weighted by Crippen LogP contribution is 2.37. The monoisotopic (exact) mass is 250 g/mol. The molecule has 6 heteroatoms. The molecule has 0 spiro atoms. The van der Waals surface area contributed by atoms with Crippen molar-refractivity contribution < 1.29 is 23.1 Å². The van der Waals surface area contributed by atoms with E-state index in [-0.39, 0.29) is 23.1 Å². The number of halogens is 3.